The van der Waals surface area contributed by atoms with Gasteiger partial charge in [0.1, 0.15) is 5.03 Å². The van der Waals surface area contributed by atoms with E-state index in [2.05, 4.69) is 31.2 Å². The molecule has 1 aromatic heterocycles. The monoisotopic (exact) mass is 328 g/mol. The fraction of sp³-hybridized carbons (Fsp3) is 0.647. The molecule has 0 aliphatic carbocycles. The SMILES string of the molecule is CC.CC.CCCONC(=O)c1cccnc1SC(C)(C)C. The van der Waals surface area contributed by atoms with Crippen LogP contribution in [0, 0.1) is 0 Å². The van der Waals surface area contributed by atoms with Crippen molar-refractivity contribution in [1.29, 1.82) is 0 Å². The highest BCUT2D eigenvalue weighted by Gasteiger charge is 2.19. The summed E-state index contributed by atoms with van der Waals surface area (Å²) in [6.07, 6.45) is 2.55. The van der Waals surface area contributed by atoms with Crippen molar-refractivity contribution in [3.8, 4) is 0 Å². The Kier molecular flexibility index (Phi) is 14.3. The first-order chi connectivity index (χ1) is 10.4. The van der Waals surface area contributed by atoms with Crippen molar-refractivity contribution in [3.05, 3.63) is 23.9 Å². The van der Waals surface area contributed by atoms with Crippen molar-refractivity contribution < 1.29 is 9.63 Å². The van der Waals surface area contributed by atoms with Crippen LogP contribution < -0.4 is 5.48 Å². The van der Waals surface area contributed by atoms with Crippen LogP contribution in [0.15, 0.2) is 23.4 Å². The molecule has 0 aromatic carbocycles. The molecule has 0 aliphatic heterocycles. The first-order valence-corrected chi connectivity index (χ1v) is 8.82. The lowest BCUT2D eigenvalue weighted by Gasteiger charge is -2.18. The number of amides is 1. The molecule has 1 heterocycles. The minimum absolute atomic E-state index is 0.00760. The van der Waals surface area contributed by atoms with Gasteiger partial charge in [0.05, 0.1) is 12.2 Å². The standard InChI is InChI=1S/C13H20N2O2S.2C2H6/c1-5-9-17-15-11(16)10-7-6-8-14-12(10)18-13(2,3)4;2*1-2/h6-8H,5,9H2,1-4H3,(H,15,16);2*1-2H3. The van der Waals surface area contributed by atoms with Crippen LogP contribution in [0.2, 0.25) is 0 Å². The van der Waals surface area contributed by atoms with Crippen LogP contribution in [0.5, 0.6) is 0 Å². The Bertz CT molecular complexity index is 404. The number of hydrogen-bond acceptors (Lipinski definition) is 4. The first-order valence-electron chi connectivity index (χ1n) is 8.00. The molecule has 22 heavy (non-hydrogen) atoms. The molecule has 0 saturated heterocycles. The van der Waals surface area contributed by atoms with E-state index in [1.165, 1.54) is 0 Å². The zero-order valence-corrected chi connectivity index (χ0v) is 16.1. The molecule has 1 rings (SSSR count). The number of nitrogens with zero attached hydrogens (tertiary/aromatic N) is 1. The van der Waals surface area contributed by atoms with E-state index in [4.69, 9.17) is 4.84 Å². The fourth-order valence-corrected chi connectivity index (χ4v) is 2.17. The number of hydrogen-bond donors (Lipinski definition) is 1. The lowest BCUT2D eigenvalue weighted by atomic mass is 10.2. The van der Waals surface area contributed by atoms with Gasteiger partial charge in [-0.2, -0.15) is 0 Å². The Balaban J connectivity index is 0. The molecule has 1 N–H and O–H groups in total. The highest BCUT2D eigenvalue weighted by molar-refractivity contribution is 8.00. The van der Waals surface area contributed by atoms with Gasteiger partial charge in [0.15, 0.2) is 0 Å². The second kappa shape index (κ2) is 13.6. The number of nitrogens with one attached hydrogen (secondary N) is 1. The third-order valence-corrected chi connectivity index (χ3v) is 3.02. The number of hydroxylamine groups is 1. The molecule has 0 unspecified atom stereocenters. The summed E-state index contributed by atoms with van der Waals surface area (Å²) in [5.41, 5.74) is 2.98. The van der Waals surface area contributed by atoms with Crippen molar-refractivity contribution in [2.45, 2.75) is 71.6 Å². The maximum absolute atomic E-state index is 11.9. The Hall–Kier alpha value is -1.07. The van der Waals surface area contributed by atoms with E-state index in [-0.39, 0.29) is 10.7 Å². The van der Waals surface area contributed by atoms with Gasteiger partial charge in [0, 0.05) is 10.9 Å². The van der Waals surface area contributed by atoms with Gasteiger partial charge in [-0.15, -0.1) is 0 Å². The molecular weight excluding hydrogens is 296 g/mol. The van der Waals surface area contributed by atoms with Crippen LogP contribution in [0.4, 0.5) is 0 Å². The van der Waals surface area contributed by atoms with Gasteiger partial charge in [-0.25, -0.2) is 10.5 Å². The van der Waals surface area contributed by atoms with Gasteiger partial charge < -0.3 is 0 Å². The van der Waals surface area contributed by atoms with E-state index in [1.54, 1.807) is 30.1 Å². The van der Waals surface area contributed by atoms with Gasteiger partial charge in [-0.05, 0) is 18.6 Å². The van der Waals surface area contributed by atoms with Crippen LogP contribution >= 0.6 is 11.8 Å². The predicted molar refractivity (Wildman–Crippen MR) is 96.3 cm³/mol. The number of carbonyl (C=O) groups is 1. The zero-order chi connectivity index (χ0) is 17.6. The molecule has 0 spiro atoms. The van der Waals surface area contributed by atoms with E-state index < -0.39 is 0 Å². The summed E-state index contributed by atoms with van der Waals surface area (Å²) in [5, 5.41) is 0.725. The normalized spacial score (nSPS) is 9.82. The molecule has 0 saturated carbocycles. The average molecular weight is 329 g/mol. The number of thioether (sulfide) groups is 1. The molecule has 4 nitrogen and oxygen atoms in total. The third kappa shape index (κ3) is 10.6. The van der Waals surface area contributed by atoms with Gasteiger partial charge >= 0.3 is 0 Å². The summed E-state index contributed by atoms with van der Waals surface area (Å²) in [4.78, 5) is 21.2. The molecule has 5 heteroatoms. The number of carbonyl (C=O) groups excluding carboxylic acids is 1. The molecule has 128 valence electrons. The van der Waals surface area contributed by atoms with E-state index in [0.29, 0.717) is 12.2 Å². The Labute approximate surface area is 140 Å². The third-order valence-electron chi connectivity index (χ3n) is 1.89. The van der Waals surface area contributed by atoms with Gasteiger partial charge in [-0.1, -0.05) is 67.2 Å². The maximum atomic E-state index is 11.9. The molecular formula is C17H32N2O2S. The topological polar surface area (TPSA) is 51.2 Å². The van der Waals surface area contributed by atoms with Gasteiger partial charge in [0.2, 0.25) is 0 Å². The number of pyridine rings is 1. The van der Waals surface area contributed by atoms with E-state index in [1.807, 2.05) is 34.6 Å². The average Bonchev–Trinajstić information content (AvgIpc) is 2.50. The van der Waals surface area contributed by atoms with Crippen LogP contribution in [-0.4, -0.2) is 22.2 Å². The molecule has 1 amide bonds. The highest BCUT2D eigenvalue weighted by atomic mass is 32.2. The van der Waals surface area contributed by atoms with E-state index in [0.717, 1.165) is 11.4 Å². The zero-order valence-electron chi connectivity index (χ0n) is 15.3. The molecule has 0 radical (unpaired) electrons. The lowest BCUT2D eigenvalue weighted by Crippen LogP contribution is -2.25. The predicted octanol–water partition coefficient (Wildman–Crippen LogP) is 5.10. The molecule has 0 aliphatic rings. The van der Waals surface area contributed by atoms with E-state index in [9.17, 15) is 4.79 Å². The molecule has 1 aromatic rings. The van der Waals surface area contributed by atoms with Crippen LogP contribution in [0.25, 0.3) is 0 Å². The van der Waals surface area contributed by atoms with Crippen LogP contribution in [0.1, 0.15) is 72.2 Å². The second-order valence-corrected chi connectivity index (χ2v) is 6.67. The molecule has 0 fully saturated rings. The van der Waals surface area contributed by atoms with Crippen molar-refractivity contribution >= 4 is 17.7 Å². The summed E-state index contributed by atoms with van der Waals surface area (Å²) in [6, 6.07) is 3.51. The number of aromatic nitrogens is 1. The van der Waals surface area contributed by atoms with Crippen LogP contribution in [0.3, 0.4) is 0 Å². The van der Waals surface area contributed by atoms with E-state index >= 15 is 0 Å². The van der Waals surface area contributed by atoms with Crippen molar-refractivity contribution in [3.63, 3.8) is 0 Å². The van der Waals surface area contributed by atoms with Crippen molar-refractivity contribution in [2.75, 3.05) is 6.61 Å². The smallest absolute Gasteiger partial charge is 0.273 e. The fourth-order valence-electron chi connectivity index (χ4n) is 1.21. The summed E-state index contributed by atoms with van der Waals surface area (Å²) >= 11 is 1.57. The van der Waals surface area contributed by atoms with Crippen LogP contribution in [-0.2, 0) is 4.84 Å². The summed E-state index contributed by atoms with van der Waals surface area (Å²) < 4.78 is 0.00760. The molecule has 0 atom stereocenters. The van der Waals surface area contributed by atoms with Gasteiger partial charge in [-0.3, -0.25) is 9.63 Å². The summed E-state index contributed by atoms with van der Waals surface area (Å²) in [6.45, 7) is 16.7. The second-order valence-electron chi connectivity index (χ2n) is 4.85. The van der Waals surface area contributed by atoms with Crippen molar-refractivity contribution in [2.24, 2.45) is 0 Å². The summed E-state index contributed by atoms with van der Waals surface area (Å²) in [7, 11) is 0. The first kappa shape index (κ1) is 23.2. The Morgan fingerprint density at radius 2 is 1.86 bits per heavy atom. The lowest BCUT2D eigenvalue weighted by molar-refractivity contribution is 0.0312. The Morgan fingerprint density at radius 3 is 2.36 bits per heavy atom. The highest BCUT2D eigenvalue weighted by Crippen LogP contribution is 2.32. The largest absolute Gasteiger partial charge is 0.277 e. The minimum Gasteiger partial charge on any atom is -0.273 e. The number of rotatable bonds is 5. The minimum atomic E-state index is -0.247. The summed E-state index contributed by atoms with van der Waals surface area (Å²) in [5.74, 6) is -0.247. The van der Waals surface area contributed by atoms with Crippen molar-refractivity contribution in [1.82, 2.24) is 10.5 Å². The Morgan fingerprint density at radius 1 is 1.27 bits per heavy atom. The maximum Gasteiger partial charge on any atom is 0.277 e. The quantitative estimate of drug-likeness (QED) is 0.464. The molecule has 0 bridgehead atoms. The van der Waals surface area contributed by atoms with Gasteiger partial charge in [0.25, 0.3) is 5.91 Å².